The SMILES string of the molecule is O=C(NCc1nnnn1-c1ccc(F)cc1)C1CCCCC1. The number of nitrogens with one attached hydrogen (secondary N) is 1. The van der Waals surface area contributed by atoms with Gasteiger partial charge < -0.3 is 5.32 Å². The average Bonchev–Trinajstić information content (AvgIpc) is 3.02. The standard InChI is InChI=1S/C15H18FN5O/c16-12-6-8-13(9-7-12)21-14(18-19-20-21)10-17-15(22)11-4-2-1-3-5-11/h6-9,11H,1-5,10H2,(H,17,22). The van der Waals surface area contributed by atoms with Crippen LogP contribution in [0.3, 0.4) is 0 Å². The van der Waals surface area contributed by atoms with Crippen molar-refractivity contribution in [3.63, 3.8) is 0 Å². The van der Waals surface area contributed by atoms with Crippen molar-refractivity contribution in [1.29, 1.82) is 0 Å². The van der Waals surface area contributed by atoms with Gasteiger partial charge in [-0.2, -0.15) is 4.68 Å². The summed E-state index contributed by atoms with van der Waals surface area (Å²) in [5.74, 6) is 0.372. The second-order valence-electron chi connectivity index (χ2n) is 5.54. The number of amides is 1. The van der Waals surface area contributed by atoms with Gasteiger partial charge in [-0.25, -0.2) is 4.39 Å². The number of halogens is 1. The molecule has 1 saturated carbocycles. The first-order chi connectivity index (χ1) is 10.7. The van der Waals surface area contributed by atoms with Gasteiger partial charge in [-0.1, -0.05) is 19.3 Å². The quantitative estimate of drug-likeness (QED) is 0.937. The average molecular weight is 303 g/mol. The molecule has 0 atom stereocenters. The van der Waals surface area contributed by atoms with E-state index in [1.165, 1.54) is 23.2 Å². The van der Waals surface area contributed by atoms with Crippen LogP contribution in [0.25, 0.3) is 5.69 Å². The molecule has 7 heteroatoms. The van der Waals surface area contributed by atoms with Crippen molar-refractivity contribution in [2.45, 2.75) is 38.6 Å². The van der Waals surface area contributed by atoms with Gasteiger partial charge in [-0.05, 0) is 47.5 Å². The number of hydrogen-bond donors (Lipinski definition) is 1. The monoisotopic (exact) mass is 303 g/mol. The first-order valence-electron chi connectivity index (χ1n) is 7.55. The van der Waals surface area contributed by atoms with E-state index in [0.717, 1.165) is 25.7 Å². The summed E-state index contributed by atoms with van der Waals surface area (Å²) in [4.78, 5) is 12.1. The topological polar surface area (TPSA) is 72.7 Å². The molecule has 1 fully saturated rings. The van der Waals surface area contributed by atoms with E-state index in [1.807, 2.05) is 0 Å². The van der Waals surface area contributed by atoms with Gasteiger partial charge in [-0.3, -0.25) is 4.79 Å². The minimum atomic E-state index is -0.316. The van der Waals surface area contributed by atoms with Crippen molar-refractivity contribution in [3.05, 3.63) is 35.9 Å². The summed E-state index contributed by atoms with van der Waals surface area (Å²) in [6, 6.07) is 5.89. The van der Waals surface area contributed by atoms with Crippen molar-refractivity contribution in [2.75, 3.05) is 0 Å². The molecule has 1 aliphatic carbocycles. The Hall–Kier alpha value is -2.31. The molecule has 3 rings (SSSR count). The number of rotatable bonds is 4. The number of tetrazole rings is 1. The van der Waals surface area contributed by atoms with Crippen LogP contribution < -0.4 is 5.32 Å². The summed E-state index contributed by atoms with van der Waals surface area (Å²) in [5.41, 5.74) is 0.660. The number of nitrogens with zero attached hydrogens (tertiary/aromatic N) is 4. The van der Waals surface area contributed by atoms with Gasteiger partial charge in [0, 0.05) is 5.92 Å². The van der Waals surface area contributed by atoms with Crippen LogP contribution >= 0.6 is 0 Å². The van der Waals surface area contributed by atoms with Crippen molar-refractivity contribution in [2.24, 2.45) is 5.92 Å². The predicted molar refractivity (Wildman–Crippen MR) is 77.5 cm³/mol. The van der Waals surface area contributed by atoms with Crippen molar-refractivity contribution >= 4 is 5.91 Å². The van der Waals surface area contributed by atoms with E-state index in [2.05, 4.69) is 20.8 Å². The molecule has 116 valence electrons. The summed E-state index contributed by atoms with van der Waals surface area (Å²) < 4.78 is 14.5. The molecule has 0 unspecified atom stereocenters. The summed E-state index contributed by atoms with van der Waals surface area (Å²) in [7, 11) is 0. The molecule has 1 aromatic carbocycles. The predicted octanol–water partition coefficient (Wildman–Crippen LogP) is 2.00. The Bertz CT molecular complexity index is 634. The third kappa shape index (κ3) is 3.29. The summed E-state index contributed by atoms with van der Waals surface area (Å²) in [6.07, 6.45) is 5.35. The number of carbonyl (C=O) groups excluding carboxylic acids is 1. The second-order valence-corrected chi connectivity index (χ2v) is 5.54. The van der Waals surface area contributed by atoms with Gasteiger partial charge >= 0.3 is 0 Å². The van der Waals surface area contributed by atoms with E-state index in [-0.39, 0.29) is 24.2 Å². The zero-order valence-corrected chi connectivity index (χ0v) is 12.2. The molecular weight excluding hydrogens is 285 g/mol. The largest absolute Gasteiger partial charge is 0.348 e. The Labute approximate surface area is 127 Å². The highest BCUT2D eigenvalue weighted by Gasteiger charge is 2.21. The van der Waals surface area contributed by atoms with Crippen LogP contribution in [0.2, 0.25) is 0 Å². The van der Waals surface area contributed by atoms with Gasteiger partial charge in [0.25, 0.3) is 0 Å². The fourth-order valence-corrected chi connectivity index (χ4v) is 2.77. The maximum absolute atomic E-state index is 13.0. The smallest absolute Gasteiger partial charge is 0.223 e. The van der Waals surface area contributed by atoms with E-state index >= 15 is 0 Å². The van der Waals surface area contributed by atoms with Gasteiger partial charge in [0.1, 0.15) is 5.82 Å². The van der Waals surface area contributed by atoms with E-state index in [0.29, 0.717) is 11.5 Å². The van der Waals surface area contributed by atoms with Crippen LogP contribution in [0.15, 0.2) is 24.3 Å². The molecule has 0 radical (unpaired) electrons. The number of benzene rings is 1. The van der Waals surface area contributed by atoms with Crippen LogP contribution in [0.4, 0.5) is 4.39 Å². The fraction of sp³-hybridized carbons (Fsp3) is 0.467. The number of hydrogen-bond acceptors (Lipinski definition) is 4. The number of aromatic nitrogens is 4. The molecule has 2 aromatic rings. The molecule has 1 N–H and O–H groups in total. The van der Waals surface area contributed by atoms with Gasteiger partial charge in [0.2, 0.25) is 5.91 Å². The maximum atomic E-state index is 13.0. The van der Waals surface area contributed by atoms with E-state index < -0.39 is 0 Å². The Balaban J connectivity index is 1.65. The third-order valence-corrected chi connectivity index (χ3v) is 4.00. The molecule has 1 aliphatic rings. The van der Waals surface area contributed by atoms with E-state index in [9.17, 15) is 9.18 Å². The van der Waals surface area contributed by atoms with Crippen LogP contribution in [-0.4, -0.2) is 26.1 Å². The highest BCUT2D eigenvalue weighted by Crippen LogP contribution is 2.23. The summed E-state index contributed by atoms with van der Waals surface area (Å²) in [5, 5.41) is 14.3. The molecule has 1 amide bonds. The highest BCUT2D eigenvalue weighted by atomic mass is 19.1. The normalized spacial score (nSPS) is 15.7. The van der Waals surface area contributed by atoms with Gasteiger partial charge in [-0.15, -0.1) is 5.10 Å². The molecule has 6 nitrogen and oxygen atoms in total. The Morgan fingerprint density at radius 1 is 1.23 bits per heavy atom. The lowest BCUT2D eigenvalue weighted by atomic mass is 9.89. The molecule has 0 spiro atoms. The lowest BCUT2D eigenvalue weighted by Gasteiger charge is -2.20. The van der Waals surface area contributed by atoms with E-state index in [1.54, 1.807) is 12.1 Å². The third-order valence-electron chi connectivity index (χ3n) is 4.00. The van der Waals surface area contributed by atoms with Crippen molar-refractivity contribution < 1.29 is 9.18 Å². The van der Waals surface area contributed by atoms with Crippen LogP contribution in [-0.2, 0) is 11.3 Å². The molecular formula is C15H18FN5O. The molecule has 0 saturated heterocycles. The van der Waals surface area contributed by atoms with Gasteiger partial charge in [0.15, 0.2) is 5.82 Å². The van der Waals surface area contributed by atoms with Crippen LogP contribution in [0.5, 0.6) is 0 Å². The summed E-state index contributed by atoms with van der Waals surface area (Å²) in [6.45, 7) is 0.264. The Morgan fingerprint density at radius 3 is 2.68 bits per heavy atom. The van der Waals surface area contributed by atoms with Crippen molar-refractivity contribution in [3.8, 4) is 5.69 Å². The first kappa shape index (κ1) is 14.6. The minimum Gasteiger partial charge on any atom is -0.348 e. The molecule has 22 heavy (non-hydrogen) atoms. The second kappa shape index (κ2) is 6.64. The number of carbonyl (C=O) groups is 1. The zero-order valence-electron chi connectivity index (χ0n) is 12.2. The molecule has 1 heterocycles. The van der Waals surface area contributed by atoms with Crippen LogP contribution in [0, 0.1) is 11.7 Å². The fourth-order valence-electron chi connectivity index (χ4n) is 2.77. The minimum absolute atomic E-state index is 0.0633. The maximum Gasteiger partial charge on any atom is 0.223 e. The molecule has 1 aromatic heterocycles. The molecule has 0 bridgehead atoms. The summed E-state index contributed by atoms with van der Waals surface area (Å²) >= 11 is 0. The molecule has 0 aliphatic heterocycles. The highest BCUT2D eigenvalue weighted by molar-refractivity contribution is 5.78. The lowest BCUT2D eigenvalue weighted by Crippen LogP contribution is -2.32. The van der Waals surface area contributed by atoms with E-state index in [4.69, 9.17) is 0 Å². The zero-order chi connectivity index (χ0) is 15.4. The van der Waals surface area contributed by atoms with Crippen LogP contribution in [0.1, 0.15) is 37.9 Å². The van der Waals surface area contributed by atoms with Gasteiger partial charge in [0.05, 0.1) is 12.2 Å². The lowest BCUT2D eigenvalue weighted by molar-refractivity contribution is -0.126. The van der Waals surface area contributed by atoms with Crippen molar-refractivity contribution in [1.82, 2.24) is 25.5 Å². The Morgan fingerprint density at radius 2 is 1.95 bits per heavy atom. The first-order valence-corrected chi connectivity index (χ1v) is 7.55. The Kier molecular flexibility index (Phi) is 4.41.